The summed E-state index contributed by atoms with van der Waals surface area (Å²) in [5.41, 5.74) is 3.00. The van der Waals surface area contributed by atoms with Crippen molar-refractivity contribution in [1.82, 2.24) is 9.80 Å². The van der Waals surface area contributed by atoms with E-state index in [-0.39, 0.29) is 34.1 Å². The lowest BCUT2D eigenvalue weighted by Gasteiger charge is -2.48. The van der Waals surface area contributed by atoms with Crippen molar-refractivity contribution in [1.29, 1.82) is 0 Å². The van der Waals surface area contributed by atoms with Crippen LogP contribution in [0.5, 0.6) is 0 Å². The number of halogens is 5. The van der Waals surface area contributed by atoms with E-state index in [1.807, 2.05) is 36.4 Å². The van der Waals surface area contributed by atoms with Gasteiger partial charge in [-0.2, -0.15) is 13.2 Å². The lowest BCUT2D eigenvalue weighted by Crippen LogP contribution is -2.56. The molecule has 2 heterocycles. The fraction of sp³-hybridized carbons (Fsp3) is 0.392. The molecule has 6 nitrogen and oxygen atoms in total. The van der Waals surface area contributed by atoms with E-state index in [0.717, 1.165) is 62.3 Å². The minimum Gasteiger partial charge on any atom is -0.453 e. The first-order chi connectivity index (χ1) is 29.6. The van der Waals surface area contributed by atoms with E-state index in [0.29, 0.717) is 49.2 Å². The average Bonchev–Trinajstić information content (AvgIpc) is 3.83. The molecule has 2 bridgehead atoms. The minimum absolute atomic E-state index is 0.0327. The molecule has 4 aromatic carbocycles. The molecule has 9 rings (SSSR count). The molecule has 2 fully saturated rings. The van der Waals surface area contributed by atoms with Crippen LogP contribution in [0.2, 0.25) is 10.0 Å². The third kappa shape index (κ3) is 9.21. The van der Waals surface area contributed by atoms with Gasteiger partial charge in [-0.1, -0.05) is 96.4 Å². The molecule has 5 unspecified atom stereocenters. The van der Waals surface area contributed by atoms with Crippen LogP contribution in [0.1, 0.15) is 108 Å². The number of β-amino-alcohol motifs (C(OH)–C–C–N with tert-alkyl or cyclic N) is 1. The van der Waals surface area contributed by atoms with E-state index in [1.165, 1.54) is 34.9 Å². The van der Waals surface area contributed by atoms with Crippen LogP contribution in [0.15, 0.2) is 119 Å². The van der Waals surface area contributed by atoms with Gasteiger partial charge in [-0.25, -0.2) is 0 Å². The van der Waals surface area contributed by atoms with Gasteiger partial charge < -0.3 is 14.6 Å². The molecule has 0 radical (unpaired) electrons. The molecule has 3 aliphatic carbocycles. The zero-order valence-electron chi connectivity index (χ0n) is 35.1. The first-order valence-electron chi connectivity index (χ1n) is 21.6. The Labute approximate surface area is 372 Å². The molecule has 11 heteroatoms. The summed E-state index contributed by atoms with van der Waals surface area (Å²) in [6.07, 6.45) is 1.25. The van der Waals surface area contributed by atoms with Crippen LogP contribution in [0, 0.1) is 5.41 Å². The average molecular weight is 886 g/mol. The van der Waals surface area contributed by atoms with Gasteiger partial charge in [0.15, 0.2) is 5.76 Å². The van der Waals surface area contributed by atoms with Crippen LogP contribution in [0.25, 0.3) is 11.3 Å². The number of hydrogen-bond acceptors (Lipinski definition) is 6. The summed E-state index contributed by atoms with van der Waals surface area (Å²) in [5.74, 6) is -0.614. The van der Waals surface area contributed by atoms with Crippen molar-refractivity contribution in [2.24, 2.45) is 5.41 Å². The molecule has 326 valence electrons. The van der Waals surface area contributed by atoms with Gasteiger partial charge in [-0.3, -0.25) is 14.6 Å². The molecule has 0 amide bonds. The number of hydrogen-bond donors (Lipinski definition) is 2. The molecule has 2 N–H and O–H groups in total. The zero-order chi connectivity index (χ0) is 43.8. The van der Waals surface area contributed by atoms with Gasteiger partial charge in [0.1, 0.15) is 5.76 Å². The molecule has 1 saturated heterocycles. The number of benzene rings is 4. The Hall–Kier alpha value is -4.22. The molecule has 1 aromatic heterocycles. The van der Waals surface area contributed by atoms with Gasteiger partial charge in [-0.05, 0) is 129 Å². The van der Waals surface area contributed by atoms with E-state index in [9.17, 15) is 28.2 Å². The Bertz CT molecular complexity index is 2410. The number of nitrogens with zero attached hydrogens (tertiary/aromatic N) is 2. The maximum atomic E-state index is 14.7. The fourth-order valence-electron chi connectivity index (χ4n) is 10.3. The predicted molar refractivity (Wildman–Crippen MR) is 239 cm³/mol. The molecule has 4 aliphatic rings. The number of ketones is 1. The van der Waals surface area contributed by atoms with E-state index in [1.54, 1.807) is 0 Å². The number of alkyl halides is 3. The number of aliphatic hydroxyl groups excluding tert-OH is 1. The number of piperazine rings is 1. The largest absolute Gasteiger partial charge is 0.453 e. The highest BCUT2D eigenvalue weighted by atomic mass is 35.5. The molecule has 1 aliphatic heterocycles. The lowest BCUT2D eigenvalue weighted by atomic mass is 9.64. The maximum Gasteiger partial charge on any atom is 0.416 e. The van der Waals surface area contributed by atoms with Crippen molar-refractivity contribution in [3.8, 4) is 11.3 Å². The highest BCUT2D eigenvalue weighted by molar-refractivity contribution is 6.33. The van der Waals surface area contributed by atoms with Crippen LogP contribution in [-0.4, -0.2) is 70.2 Å². The first kappa shape index (κ1) is 44.4. The van der Waals surface area contributed by atoms with Crippen LogP contribution >= 0.6 is 23.2 Å². The van der Waals surface area contributed by atoms with Crippen molar-refractivity contribution in [2.75, 3.05) is 32.7 Å². The Balaban J connectivity index is 1.09. The van der Waals surface area contributed by atoms with Gasteiger partial charge in [0.25, 0.3) is 0 Å². The summed E-state index contributed by atoms with van der Waals surface area (Å²) in [7, 11) is 0. The van der Waals surface area contributed by atoms with Crippen LogP contribution in [-0.2, 0) is 12.6 Å². The number of allylic oxidation sites excluding steroid dienone is 2. The normalized spacial score (nSPS) is 24.6. The SMILES string of the molecule is CC1=CCCC2(C)C(CCC2(O)CN2CCN(C(c3ccccc3)c3ccc(Cl)cc3)CC2)c2ccc(cc2C(=O)c2ccc(-c3cc(C(F)(F)F)ccc3Cl)o2)CC(O)CC1. The number of fused-ring (bicyclic) bond motifs is 8. The monoisotopic (exact) mass is 884 g/mol. The summed E-state index contributed by atoms with van der Waals surface area (Å²) in [4.78, 5) is 19.6. The van der Waals surface area contributed by atoms with Crippen molar-refractivity contribution in [3.05, 3.63) is 164 Å². The fourth-order valence-corrected chi connectivity index (χ4v) is 10.6. The maximum absolute atomic E-state index is 14.7. The Morgan fingerprint density at radius 3 is 2.34 bits per heavy atom. The highest BCUT2D eigenvalue weighted by Gasteiger charge is 2.57. The van der Waals surface area contributed by atoms with E-state index in [4.69, 9.17) is 27.6 Å². The second-order valence-electron chi connectivity index (χ2n) is 17.8. The van der Waals surface area contributed by atoms with Gasteiger partial charge in [-0.15, -0.1) is 0 Å². The quantitative estimate of drug-likeness (QED) is 0.119. The van der Waals surface area contributed by atoms with Crippen LogP contribution < -0.4 is 0 Å². The summed E-state index contributed by atoms with van der Waals surface area (Å²) >= 11 is 12.7. The number of rotatable bonds is 8. The summed E-state index contributed by atoms with van der Waals surface area (Å²) in [6.45, 7) is 7.92. The molecular weight excluding hydrogens is 832 g/mol. The molecule has 5 atom stereocenters. The number of carbonyl (C=O) groups excluding carboxylic acids is 1. The molecular formula is C51H53Cl2F3N2O4. The Morgan fingerprint density at radius 2 is 1.61 bits per heavy atom. The first-order valence-corrected chi connectivity index (χ1v) is 22.3. The van der Waals surface area contributed by atoms with Crippen molar-refractivity contribution in [3.63, 3.8) is 0 Å². The predicted octanol–water partition coefficient (Wildman–Crippen LogP) is 11.9. The molecule has 62 heavy (non-hydrogen) atoms. The molecule has 0 spiro atoms. The second kappa shape index (κ2) is 18.1. The van der Waals surface area contributed by atoms with Crippen molar-refractivity contribution >= 4 is 29.0 Å². The van der Waals surface area contributed by atoms with E-state index >= 15 is 0 Å². The molecule has 1 saturated carbocycles. The molecule has 5 aromatic rings. The van der Waals surface area contributed by atoms with Crippen molar-refractivity contribution in [2.45, 2.75) is 88.6 Å². The second-order valence-corrected chi connectivity index (χ2v) is 18.7. The zero-order valence-corrected chi connectivity index (χ0v) is 36.6. The highest BCUT2D eigenvalue weighted by Crippen LogP contribution is 2.59. The third-order valence-electron chi connectivity index (χ3n) is 13.9. The summed E-state index contributed by atoms with van der Waals surface area (Å²) in [6, 6.07) is 30.4. The number of carbonyl (C=O) groups is 1. The Kier molecular flexibility index (Phi) is 13.0. The number of aliphatic hydroxyl groups is 2. The van der Waals surface area contributed by atoms with Gasteiger partial charge in [0.2, 0.25) is 5.78 Å². The third-order valence-corrected chi connectivity index (χ3v) is 14.4. The standard InChI is InChI=1S/C51H53Cl2F3N2O4/c1-33-7-6-23-49(2)43(22-24-50(49,61)32-57-25-27-58(28-26-57)47(35-8-4-3-5-9-35)36-12-15-38(52)16-13-36)40-18-11-34(29-39(59)17-10-33)30-41(40)48(60)46-21-20-45(62-46)42-31-37(51(54,55)56)14-19-44(42)53/h3-5,7-9,11-16,18-21,30-31,39,43,47,59,61H,6,10,17,22-29,32H2,1-2H3. The van der Waals surface area contributed by atoms with Gasteiger partial charge >= 0.3 is 6.18 Å². The smallest absolute Gasteiger partial charge is 0.416 e. The van der Waals surface area contributed by atoms with E-state index in [2.05, 4.69) is 66.1 Å². The minimum atomic E-state index is -4.59. The summed E-state index contributed by atoms with van der Waals surface area (Å²) in [5, 5.41) is 24.9. The topological polar surface area (TPSA) is 77.2 Å². The van der Waals surface area contributed by atoms with Gasteiger partial charge in [0.05, 0.1) is 28.3 Å². The lowest BCUT2D eigenvalue weighted by molar-refractivity contribution is -0.137. The van der Waals surface area contributed by atoms with Gasteiger partial charge in [0, 0.05) is 54.3 Å². The van der Waals surface area contributed by atoms with Crippen LogP contribution in [0.4, 0.5) is 13.2 Å². The number of furan rings is 1. The summed E-state index contributed by atoms with van der Waals surface area (Å²) < 4.78 is 47.0. The van der Waals surface area contributed by atoms with Crippen LogP contribution in [0.3, 0.4) is 0 Å². The van der Waals surface area contributed by atoms with Crippen molar-refractivity contribution < 1.29 is 32.6 Å². The van der Waals surface area contributed by atoms with E-state index < -0.39 is 34.6 Å². The Morgan fingerprint density at radius 1 is 0.887 bits per heavy atom.